The Balaban J connectivity index is 2.10. The van der Waals surface area contributed by atoms with E-state index in [1.807, 2.05) is 17.0 Å². The van der Waals surface area contributed by atoms with Gasteiger partial charge < -0.3 is 16.8 Å². The lowest BCUT2D eigenvalue weighted by Gasteiger charge is -2.46. The number of aliphatic imine (C=N–C) groups is 2. The molecule has 1 aliphatic heterocycles. The van der Waals surface area contributed by atoms with Crippen molar-refractivity contribution in [1.29, 1.82) is 0 Å². The van der Waals surface area contributed by atoms with Crippen molar-refractivity contribution in [3.63, 3.8) is 0 Å². The Kier molecular flexibility index (Phi) is 5.53. The highest BCUT2D eigenvalue weighted by molar-refractivity contribution is 6.42. The van der Waals surface area contributed by atoms with Gasteiger partial charge in [-0.1, -0.05) is 43.5 Å². The highest BCUT2D eigenvalue weighted by Gasteiger charge is 2.43. The van der Waals surface area contributed by atoms with Crippen molar-refractivity contribution in [2.75, 3.05) is 16.8 Å². The van der Waals surface area contributed by atoms with Gasteiger partial charge in [0.05, 0.1) is 21.4 Å². The van der Waals surface area contributed by atoms with E-state index in [4.69, 9.17) is 39.7 Å². The van der Waals surface area contributed by atoms with Crippen molar-refractivity contribution >= 4 is 46.5 Å². The third kappa shape index (κ3) is 3.71. The number of nitrogens with zero attached hydrogens (tertiary/aromatic N) is 3. The molecule has 0 saturated heterocycles. The molecule has 26 heavy (non-hydrogen) atoms. The average Bonchev–Trinajstić information content (AvgIpc) is 2.56. The minimum absolute atomic E-state index is 0.234. The summed E-state index contributed by atoms with van der Waals surface area (Å²) < 4.78 is 0. The van der Waals surface area contributed by atoms with E-state index in [9.17, 15) is 0 Å². The largest absolute Gasteiger partial charge is 0.383 e. The SMILES string of the molecule is CC(C)CNc1cc(Cl)c(Cl)cc1N1C(N)=NC(N)=NC12CCCCC2. The maximum absolute atomic E-state index is 6.34. The number of guanidine groups is 2. The number of rotatable bonds is 4. The summed E-state index contributed by atoms with van der Waals surface area (Å²) in [5.41, 5.74) is 13.5. The fraction of sp³-hybridized carbons (Fsp3) is 0.556. The molecule has 1 saturated carbocycles. The van der Waals surface area contributed by atoms with Crippen molar-refractivity contribution in [2.45, 2.75) is 51.6 Å². The standard InChI is InChI=1S/C18H26Cl2N6/c1-11(2)10-23-14-8-12(19)13(20)9-15(14)26-17(22)24-16(21)25-18(26)6-4-3-5-7-18/h8-9,11,23H,3-7,10H2,1-2H3,(H4,21,22,24,25). The van der Waals surface area contributed by atoms with Crippen LogP contribution in [-0.4, -0.2) is 24.1 Å². The fourth-order valence-corrected chi connectivity index (χ4v) is 3.97. The highest BCUT2D eigenvalue weighted by Crippen LogP contribution is 2.44. The van der Waals surface area contributed by atoms with Crippen molar-refractivity contribution in [2.24, 2.45) is 27.4 Å². The lowest BCUT2D eigenvalue weighted by atomic mass is 9.87. The van der Waals surface area contributed by atoms with E-state index in [1.54, 1.807) is 0 Å². The maximum atomic E-state index is 6.34. The summed E-state index contributed by atoms with van der Waals surface area (Å²) in [5, 5.41) is 4.42. The second kappa shape index (κ2) is 7.53. The van der Waals surface area contributed by atoms with Crippen LogP contribution in [-0.2, 0) is 0 Å². The molecule has 5 N–H and O–H groups in total. The molecule has 1 aromatic rings. The second-order valence-electron chi connectivity index (χ2n) is 7.38. The molecular formula is C18H26Cl2N6. The van der Waals surface area contributed by atoms with E-state index in [1.165, 1.54) is 6.42 Å². The third-order valence-corrected chi connectivity index (χ3v) is 5.55. The van der Waals surface area contributed by atoms with Crippen LogP contribution in [0.5, 0.6) is 0 Å². The predicted molar refractivity (Wildman–Crippen MR) is 111 cm³/mol. The summed E-state index contributed by atoms with van der Waals surface area (Å²) in [5.74, 6) is 1.05. The van der Waals surface area contributed by atoms with Crippen LogP contribution in [0.15, 0.2) is 22.1 Å². The number of nitrogens with one attached hydrogen (secondary N) is 1. The van der Waals surface area contributed by atoms with Gasteiger partial charge >= 0.3 is 0 Å². The Hall–Kier alpha value is -1.66. The molecule has 0 amide bonds. The van der Waals surface area contributed by atoms with Crippen LogP contribution in [0.3, 0.4) is 0 Å². The minimum Gasteiger partial charge on any atom is -0.383 e. The predicted octanol–water partition coefficient (Wildman–Crippen LogP) is 4.17. The molecule has 0 aromatic heterocycles. The van der Waals surface area contributed by atoms with Crippen LogP contribution in [0.2, 0.25) is 10.0 Å². The lowest BCUT2D eigenvalue weighted by Crippen LogP contribution is -2.58. The summed E-state index contributed by atoms with van der Waals surface area (Å²) in [6.45, 7) is 5.09. The number of hydrogen-bond donors (Lipinski definition) is 3. The highest BCUT2D eigenvalue weighted by atomic mass is 35.5. The van der Waals surface area contributed by atoms with Gasteiger partial charge in [-0.2, -0.15) is 4.99 Å². The molecule has 1 aliphatic carbocycles. The van der Waals surface area contributed by atoms with E-state index in [-0.39, 0.29) is 5.96 Å². The number of benzene rings is 1. The Labute approximate surface area is 164 Å². The molecule has 6 nitrogen and oxygen atoms in total. The van der Waals surface area contributed by atoms with E-state index >= 15 is 0 Å². The number of anilines is 2. The van der Waals surface area contributed by atoms with E-state index < -0.39 is 5.66 Å². The zero-order valence-corrected chi connectivity index (χ0v) is 16.7. The van der Waals surface area contributed by atoms with Crippen LogP contribution in [0.4, 0.5) is 11.4 Å². The van der Waals surface area contributed by atoms with E-state index in [0.717, 1.165) is 43.6 Å². The molecule has 0 bridgehead atoms. The molecule has 0 unspecified atom stereocenters. The molecule has 1 aromatic carbocycles. The van der Waals surface area contributed by atoms with Gasteiger partial charge in [0.25, 0.3) is 0 Å². The summed E-state index contributed by atoms with van der Waals surface area (Å²) >= 11 is 12.6. The summed E-state index contributed by atoms with van der Waals surface area (Å²) in [7, 11) is 0. The van der Waals surface area contributed by atoms with Crippen molar-refractivity contribution in [3.8, 4) is 0 Å². The van der Waals surface area contributed by atoms with Gasteiger partial charge in [0.1, 0.15) is 5.66 Å². The van der Waals surface area contributed by atoms with Crippen molar-refractivity contribution in [1.82, 2.24) is 0 Å². The molecule has 0 atom stereocenters. The Morgan fingerprint density at radius 3 is 2.46 bits per heavy atom. The first kappa shape index (κ1) is 19.1. The van der Waals surface area contributed by atoms with Gasteiger partial charge in [-0.05, 0) is 43.7 Å². The molecule has 1 spiro atoms. The van der Waals surface area contributed by atoms with Crippen molar-refractivity contribution < 1.29 is 0 Å². The van der Waals surface area contributed by atoms with Gasteiger partial charge in [-0.15, -0.1) is 0 Å². The monoisotopic (exact) mass is 396 g/mol. The summed E-state index contributed by atoms with van der Waals surface area (Å²) in [6, 6.07) is 3.68. The zero-order valence-electron chi connectivity index (χ0n) is 15.2. The summed E-state index contributed by atoms with van der Waals surface area (Å²) in [4.78, 5) is 10.9. The first-order chi connectivity index (χ1) is 12.3. The quantitative estimate of drug-likeness (QED) is 0.711. The molecule has 2 aliphatic rings. The van der Waals surface area contributed by atoms with E-state index in [2.05, 4.69) is 24.2 Å². The first-order valence-corrected chi connectivity index (χ1v) is 9.80. The lowest BCUT2D eigenvalue weighted by molar-refractivity contribution is 0.305. The molecule has 8 heteroatoms. The number of nitrogens with two attached hydrogens (primary N) is 2. The van der Waals surface area contributed by atoms with Gasteiger partial charge in [0.2, 0.25) is 11.9 Å². The van der Waals surface area contributed by atoms with Crippen LogP contribution < -0.4 is 21.7 Å². The van der Waals surface area contributed by atoms with Gasteiger partial charge in [0.15, 0.2) is 0 Å². The third-order valence-electron chi connectivity index (χ3n) is 4.83. The van der Waals surface area contributed by atoms with Crippen LogP contribution in [0.1, 0.15) is 46.0 Å². The average molecular weight is 397 g/mol. The molecular weight excluding hydrogens is 371 g/mol. The van der Waals surface area contributed by atoms with Crippen LogP contribution in [0.25, 0.3) is 0 Å². The van der Waals surface area contributed by atoms with Crippen molar-refractivity contribution in [3.05, 3.63) is 22.2 Å². The molecule has 142 valence electrons. The smallest absolute Gasteiger partial charge is 0.220 e. The zero-order chi connectivity index (χ0) is 18.9. The number of hydrogen-bond acceptors (Lipinski definition) is 6. The number of halogens is 2. The maximum Gasteiger partial charge on any atom is 0.220 e. The second-order valence-corrected chi connectivity index (χ2v) is 8.19. The van der Waals surface area contributed by atoms with Crippen LogP contribution >= 0.6 is 23.2 Å². The normalized spacial score (nSPS) is 19.5. The Bertz CT molecular complexity index is 737. The van der Waals surface area contributed by atoms with Gasteiger partial charge in [-0.25, -0.2) is 4.99 Å². The van der Waals surface area contributed by atoms with Gasteiger partial charge in [0, 0.05) is 6.54 Å². The topological polar surface area (TPSA) is 92.0 Å². The molecule has 1 fully saturated rings. The summed E-state index contributed by atoms with van der Waals surface area (Å²) in [6.07, 6.45) is 5.05. The van der Waals surface area contributed by atoms with E-state index in [0.29, 0.717) is 21.9 Å². The van der Waals surface area contributed by atoms with Crippen LogP contribution in [0, 0.1) is 5.92 Å². The Morgan fingerprint density at radius 1 is 1.15 bits per heavy atom. The molecule has 0 radical (unpaired) electrons. The molecule has 3 rings (SSSR count). The minimum atomic E-state index is -0.514. The van der Waals surface area contributed by atoms with Gasteiger partial charge in [-0.3, -0.25) is 4.90 Å². The fourth-order valence-electron chi connectivity index (χ4n) is 3.65. The first-order valence-electron chi connectivity index (χ1n) is 9.05. The Morgan fingerprint density at radius 2 is 1.81 bits per heavy atom. The molecule has 1 heterocycles.